The average Bonchev–Trinajstić information content (AvgIpc) is 2.98. The molecule has 14 heteroatoms. The maximum Gasteiger partial charge on any atom is 0.352 e. The molecule has 222 valence electrons. The second-order valence-electron chi connectivity index (χ2n) is 8.44. The van der Waals surface area contributed by atoms with Crippen molar-refractivity contribution in [2.45, 2.75) is 26.1 Å². The van der Waals surface area contributed by atoms with E-state index in [1.807, 2.05) is 0 Å². The van der Waals surface area contributed by atoms with Gasteiger partial charge >= 0.3 is 23.9 Å². The summed E-state index contributed by atoms with van der Waals surface area (Å²) in [6.07, 6.45) is -4.03. The Morgan fingerprint density at radius 3 is 1.33 bits per heavy atom. The lowest BCUT2D eigenvalue weighted by molar-refractivity contribution is -0.996. The van der Waals surface area contributed by atoms with Gasteiger partial charge in [-0.3, -0.25) is 0 Å². The number of benzene rings is 3. The molecule has 0 bridgehead atoms. The Hall–Kier alpha value is -4.70. The number of rotatable bonds is 12. The molecule has 0 saturated carbocycles. The van der Waals surface area contributed by atoms with Crippen LogP contribution < -0.4 is 10.5 Å². The highest BCUT2D eigenvalue weighted by molar-refractivity contribution is 5.93. The molecule has 0 aliphatic rings. The summed E-state index contributed by atoms with van der Waals surface area (Å²) >= 11 is 0. The van der Waals surface area contributed by atoms with Crippen LogP contribution >= 0.6 is 0 Å². The van der Waals surface area contributed by atoms with E-state index in [0.717, 1.165) is 6.07 Å². The minimum absolute atomic E-state index is 0.0206. The van der Waals surface area contributed by atoms with Crippen LogP contribution in [-0.2, 0) is 28.5 Å². The fourth-order valence-electron chi connectivity index (χ4n) is 3.85. The van der Waals surface area contributed by atoms with Crippen molar-refractivity contribution in [3.8, 4) is 0 Å². The zero-order valence-electron chi connectivity index (χ0n) is 22.5. The first-order valence-electron chi connectivity index (χ1n) is 12.6. The number of quaternary nitrogens is 2. The smallest absolute Gasteiger partial charge is 0.352 e. The zero-order chi connectivity index (χ0) is 30.8. The van der Waals surface area contributed by atoms with Crippen molar-refractivity contribution >= 4 is 35.3 Å². The molecule has 4 unspecified atom stereocenters. The highest BCUT2D eigenvalue weighted by atomic mass is 16.8. The molecule has 3 rings (SSSR count). The third-order valence-electron chi connectivity index (χ3n) is 5.72. The van der Waals surface area contributed by atoms with Gasteiger partial charge in [-0.2, -0.15) is 10.5 Å². The summed E-state index contributed by atoms with van der Waals surface area (Å²) in [5.41, 5.74) is -2.51. The van der Waals surface area contributed by atoms with Crippen molar-refractivity contribution in [2.24, 2.45) is 0 Å². The van der Waals surface area contributed by atoms with E-state index in [4.69, 9.17) is 18.9 Å². The Labute approximate surface area is 239 Å². The average molecular weight is 585 g/mol. The molecule has 0 aliphatic heterocycles. The second-order valence-corrected chi connectivity index (χ2v) is 8.44. The Morgan fingerprint density at radius 2 is 1.02 bits per heavy atom. The van der Waals surface area contributed by atoms with E-state index in [9.17, 15) is 40.0 Å². The van der Waals surface area contributed by atoms with Crippen LogP contribution in [0.25, 0.3) is 0 Å². The van der Waals surface area contributed by atoms with Gasteiger partial charge in [0, 0.05) is 0 Å². The number of carbonyl (C=O) groups excluding carboxylic acids is 4. The fourth-order valence-corrected chi connectivity index (χ4v) is 3.85. The van der Waals surface area contributed by atoms with Gasteiger partial charge in [-0.1, -0.05) is 36.4 Å². The first-order chi connectivity index (χ1) is 20.1. The first-order valence-corrected chi connectivity index (χ1v) is 12.6. The van der Waals surface area contributed by atoms with Crippen LogP contribution in [0.2, 0.25) is 0 Å². The Morgan fingerprint density at radius 1 is 0.667 bits per heavy atom. The molecule has 0 aromatic heterocycles. The standard InChI is InChI=1S/C28H28N2O12/c1-3-39-27(33)23(41-25(31)17-11-7-5-8-12-17)19-15-20(22(30(37)38)16-21(19)29(35)36)24(28(34)40-4-2)42-26(32)18-13-9-6-10-14-18/h5-16,23-24,29-30,35,37H,3-4H2,1-2H3. The van der Waals surface area contributed by atoms with Crippen molar-refractivity contribution in [1.29, 1.82) is 0 Å². The molecule has 0 radical (unpaired) electrons. The molecule has 4 N–H and O–H groups in total. The molecule has 0 amide bonds. The predicted octanol–water partition coefficient (Wildman–Crippen LogP) is 1.42. The van der Waals surface area contributed by atoms with Gasteiger partial charge in [-0.05, 0) is 44.2 Å². The van der Waals surface area contributed by atoms with Gasteiger partial charge in [0.1, 0.15) is 0 Å². The van der Waals surface area contributed by atoms with Gasteiger partial charge in [0.2, 0.25) is 12.2 Å². The van der Waals surface area contributed by atoms with Crippen molar-refractivity contribution in [2.75, 3.05) is 13.2 Å². The molecule has 0 spiro atoms. The lowest BCUT2D eigenvalue weighted by Crippen LogP contribution is -3.01. The predicted molar refractivity (Wildman–Crippen MR) is 140 cm³/mol. The molecule has 14 nitrogen and oxygen atoms in total. The van der Waals surface area contributed by atoms with Gasteiger partial charge in [-0.15, -0.1) is 0 Å². The lowest BCUT2D eigenvalue weighted by atomic mass is 9.98. The van der Waals surface area contributed by atoms with Gasteiger partial charge in [0.25, 0.3) is 0 Å². The van der Waals surface area contributed by atoms with Crippen molar-refractivity contribution < 1.29 is 59.0 Å². The topological polar surface area (TPSA) is 201 Å². The number of ether oxygens (including phenoxy) is 4. The summed E-state index contributed by atoms with van der Waals surface area (Å²) in [6.45, 7) is 2.57. The molecule has 0 aliphatic carbocycles. The van der Waals surface area contributed by atoms with Gasteiger partial charge in [-0.25, -0.2) is 29.6 Å². The first kappa shape index (κ1) is 31.8. The third kappa shape index (κ3) is 7.73. The van der Waals surface area contributed by atoms with Crippen molar-refractivity contribution in [3.63, 3.8) is 0 Å². The fraction of sp³-hybridized carbons (Fsp3) is 0.214. The normalized spacial score (nSPS) is 13.7. The van der Waals surface area contributed by atoms with Crippen LogP contribution in [0.15, 0.2) is 72.8 Å². The Balaban J connectivity index is 2.23. The minimum Gasteiger partial charge on any atom is -0.595 e. The molecule has 0 heterocycles. The van der Waals surface area contributed by atoms with E-state index < -0.39 is 69.0 Å². The third-order valence-corrected chi connectivity index (χ3v) is 5.72. The summed E-state index contributed by atoms with van der Waals surface area (Å²) in [5.74, 6) is -4.39. The summed E-state index contributed by atoms with van der Waals surface area (Å²) in [5, 5.41) is 41.0. The molecular weight excluding hydrogens is 556 g/mol. The van der Waals surface area contributed by atoms with Crippen molar-refractivity contribution in [3.05, 3.63) is 105 Å². The summed E-state index contributed by atoms with van der Waals surface area (Å²) in [7, 11) is 0. The van der Waals surface area contributed by atoms with Gasteiger partial charge in [0.15, 0.2) is 11.4 Å². The minimum atomic E-state index is -2.02. The highest BCUT2D eigenvalue weighted by Gasteiger charge is 2.38. The monoisotopic (exact) mass is 584 g/mol. The van der Waals surface area contributed by atoms with Crippen molar-refractivity contribution in [1.82, 2.24) is 0 Å². The Kier molecular flexibility index (Phi) is 11.2. The van der Waals surface area contributed by atoms with E-state index in [0.29, 0.717) is 6.07 Å². The highest BCUT2D eigenvalue weighted by Crippen LogP contribution is 2.35. The SMILES string of the molecule is CCOC(=O)C(OC(=O)c1ccccc1)c1cc(C(OC(=O)c2ccccc2)C(=O)OCC)c([NH+]([O-])O)cc1[NH+]([O-])O. The number of hydrogen-bond donors (Lipinski definition) is 4. The Bertz CT molecular complexity index is 1290. The van der Waals surface area contributed by atoms with E-state index >= 15 is 0 Å². The second kappa shape index (κ2) is 14.8. The van der Waals surface area contributed by atoms with Crippen LogP contribution in [0, 0.1) is 10.4 Å². The van der Waals surface area contributed by atoms with Gasteiger partial charge < -0.3 is 29.4 Å². The number of carbonyl (C=O) groups is 4. The van der Waals surface area contributed by atoms with Crippen LogP contribution in [0.1, 0.15) is 57.9 Å². The molecule has 3 aromatic rings. The van der Waals surface area contributed by atoms with Crippen LogP contribution in [0.3, 0.4) is 0 Å². The van der Waals surface area contributed by atoms with Crippen LogP contribution in [0.5, 0.6) is 0 Å². The largest absolute Gasteiger partial charge is 0.595 e. The van der Waals surface area contributed by atoms with Crippen LogP contribution in [0.4, 0.5) is 11.4 Å². The molecule has 4 atom stereocenters. The molecule has 3 aromatic carbocycles. The maximum atomic E-state index is 13.0. The molecule has 42 heavy (non-hydrogen) atoms. The van der Waals surface area contributed by atoms with Gasteiger partial charge in [0.05, 0.1) is 41.5 Å². The lowest BCUT2D eigenvalue weighted by Gasteiger charge is -2.26. The molecular formula is C28H28N2O12. The summed E-state index contributed by atoms with van der Waals surface area (Å²) in [4.78, 5) is 51.8. The number of hydrogen-bond acceptors (Lipinski definition) is 12. The van der Waals surface area contributed by atoms with Crippen LogP contribution in [-0.4, -0.2) is 47.5 Å². The zero-order valence-corrected chi connectivity index (χ0v) is 22.5. The quantitative estimate of drug-likeness (QED) is 0.136. The summed E-state index contributed by atoms with van der Waals surface area (Å²) in [6, 6.07) is 16.5. The number of nitrogens with one attached hydrogen (secondary N) is 2. The number of esters is 4. The van der Waals surface area contributed by atoms with E-state index in [-0.39, 0.29) is 24.3 Å². The van der Waals surface area contributed by atoms with E-state index in [2.05, 4.69) is 0 Å². The molecule has 0 saturated heterocycles. The van der Waals surface area contributed by atoms with E-state index in [1.54, 1.807) is 12.1 Å². The maximum absolute atomic E-state index is 13.0. The summed E-state index contributed by atoms with van der Waals surface area (Å²) < 4.78 is 20.8. The van der Waals surface area contributed by atoms with E-state index in [1.165, 1.54) is 62.4 Å². The molecule has 0 fully saturated rings.